The van der Waals surface area contributed by atoms with Gasteiger partial charge in [0, 0.05) is 13.0 Å². The molecule has 0 spiro atoms. The summed E-state index contributed by atoms with van der Waals surface area (Å²) in [6.45, 7) is 1.47. The van der Waals surface area contributed by atoms with E-state index in [4.69, 9.17) is 4.74 Å². The van der Waals surface area contributed by atoms with Crippen molar-refractivity contribution in [2.45, 2.75) is 24.9 Å². The topological polar surface area (TPSA) is 81.1 Å². The maximum Gasteiger partial charge on any atom is 0.416 e. The Balaban J connectivity index is 0.00000280. The van der Waals surface area contributed by atoms with Crippen molar-refractivity contribution in [3.8, 4) is 5.75 Å². The fraction of sp³-hybridized carbons (Fsp3) is 0.471. The van der Waals surface area contributed by atoms with Crippen LogP contribution in [0.25, 0.3) is 0 Å². The first-order valence-corrected chi connectivity index (χ1v) is 8.54. The van der Waals surface area contributed by atoms with Crippen molar-refractivity contribution < 1.29 is 22.7 Å². The van der Waals surface area contributed by atoms with Crippen LogP contribution in [0, 0.1) is 0 Å². The van der Waals surface area contributed by atoms with Crippen LogP contribution in [0.4, 0.5) is 19.1 Å². The van der Waals surface area contributed by atoms with Gasteiger partial charge in [-0.15, -0.1) is 12.4 Å². The van der Waals surface area contributed by atoms with E-state index in [0.29, 0.717) is 11.8 Å². The van der Waals surface area contributed by atoms with E-state index in [9.17, 15) is 18.0 Å². The van der Waals surface area contributed by atoms with E-state index < -0.39 is 17.6 Å². The lowest BCUT2D eigenvalue weighted by Gasteiger charge is -2.19. The van der Waals surface area contributed by atoms with Crippen LogP contribution < -0.4 is 15.4 Å². The number of ether oxygens (including phenoxy) is 1. The fourth-order valence-corrected chi connectivity index (χ4v) is 2.82. The molecule has 1 saturated heterocycles. The van der Waals surface area contributed by atoms with Crippen LogP contribution in [0.3, 0.4) is 0 Å². The van der Waals surface area contributed by atoms with Crippen molar-refractivity contribution in [1.29, 1.82) is 0 Å². The number of benzene rings is 1. The quantitative estimate of drug-likeness (QED) is 0.779. The molecule has 1 aliphatic rings. The number of carbonyl (C=O) groups excluding carboxylic acids is 1. The molecule has 1 fully saturated rings. The Morgan fingerprint density at radius 3 is 2.54 bits per heavy atom. The summed E-state index contributed by atoms with van der Waals surface area (Å²) in [5.74, 6) is 0.961. The maximum atomic E-state index is 12.5. The molecular weight excluding hydrogens is 399 g/mol. The first kappa shape index (κ1) is 22.0. The minimum absolute atomic E-state index is 0. The number of aromatic nitrogens is 3. The minimum Gasteiger partial charge on any atom is -0.484 e. The molecule has 11 heteroatoms. The van der Waals surface area contributed by atoms with Gasteiger partial charge in [0.2, 0.25) is 5.95 Å². The molecule has 2 aromatic rings. The van der Waals surface area contributed by atoms with Gasteiger partial charge >= 0.3 is 6.18 Å². The highest BCUT2D eigenvalue weighted by molar-refractivity contribution is 5.90. The summed E-state index contributed by atoms with van der Waals surface area (Å²) in [6, 6.07) is 4.16. The second-order valence-electron chi connectivity index (χ2n) is 6.30. The predicted octanol–water partition coefficient (Wildman–Crippen LogP) is 2.74. The van der Waals surface area contributed by atoms with E-state index in [1.54, 1.807) is 7.05 Å². The highest BCUT2D eigenvalue weighted by atomic mass is 35.5. The van der Waals surface area contributed by atoms with E-state index in [0.717, 1.165) is 38.1 Å². The van der Waals surface area contributed by atoms with Crippen molar-refractivity contribution in [1.82, 2.24) is 20.1 Å². The Kier molecular flexibility index (Phi) is 7.25. The van der Waals surface area contributed by atoms with Gasteiger partial charge in [-0.3, -0.25) is 10.1 Å². The van der Waals surface area contributed by atoms with Crippen molar-refractivity contribution in [2.75, 3.05) is 25.0 Å². The number of amides is 1. The molecule has 0 unspecified atom stereocenters. The number of nitrogens with one attached hydrogen (secondary N) is 2. The number of carbonyl (C=O) groups is 1. The molecule has 2 N–H and O–H groups in total. The summed E-state index contributed by atoms with van der Waals surface area (Å²) in [5.41, 5.74) is -0.774. The van der Waals surface area contributed by atoms with Gasteiger partial charge in [-0.25, -0.2) is 4.68 Å². The lowest BCUT2D eigenvalue weighted by Crippen LogP contribution is -2.27. The number of piperidine rings is 1. The van der Waals surface area contributed by atoms with E-state index in [1.807, 2.05) is 0 Å². The molecule has 1 amide bonds. The third-order valence-corrected chi connectivity index (χ3v) is 4.29. The van der Waals surface area contributed by atoms with Crippen molar-refractivity contribution >= 4 is 24.3 Å². The number of aryl methyl sites for hydroxylation is 1. The first-order valence-electron chi connectivity index (χ1n) is 8.54. The minimum atomic E-state index is -4.41. The molecular formula is C17H21ClF3N5O2. The lowest BCUT2D eigenvalue weighted by atomic mass is 9.98. The predicted molar refractivity (Wildman–Crippen MR) is 98.7 cm³/mol. The number of nitrogens with zero attached hydrogens (tertiary/aromatic N) is 3. The largest absolute Gasteiger partial charge is 0.484 e. The second kappa shape index (κ2) is 9.24. The number of rotatable bonds is 5. The SMILES string of the molecule is Cl.Cn1nc(C2CCNCC2)nc1NC(=O)COc1ccc(C(F)(F)F)cc1. The Labute approximate surface area is 166 Å². The summed E-state index contributed by atoms with van der Waals surface area (Å²) in [7, 11) is 1.68. The van der Waals surface area contributed by atoms with E-state index in [2.05, 4.69) is 20.7 Å². The Hall–Kier alpha value is -2.33. The number of hydrogen-bond acceptors (Lipinski definition) is 5. The average Bonchev–Trinajstić information content (AvgIpc) is 3.01. The van der Waals surface area contributed by atoms with Crippen molar-refractivity contribution in [3.63, 3.8) is 0 Å². The first-order chi connectivity index (χ1) is 12.8. The highest BCUT2D eigenvalue weighted by Gasteiger charge is 2.30. The molecule has 28 heavy (non-hydrogen) atoms. The van der Waals surface area contributed by atoms with Gasteiger partial charge in [0.1, 0.15) is 5.75 Å². The van der Waals surface area contributed by atoms with Gasteiger partial charge in [0.05, 0.1) is 5.56 Å². The number of hydrogen-bond donors (Lipinski definition) is 2. The highest BCUT2D eigenvalue weighted by Crippen LogP contribution is 2.30. The molecule has 0 aliphatic carbocycles. The van der Waals surface area contributed by atoms with E-state index in [1.165, 1.54) is 16.8 Å². The summed E-state index contributed by atoms with van der Waals surface area (Å²) < 4.78 is 44.3. The second-order valence-corrected chi connectivity index (χ2v) is 6.30. The van der Waals surface area contributed by atoms with Gasteiger partial charge < -0.3 is 10.1 Å². The molecule has 0 bridgehead atoms. The van der Waals surface area contributed by atoms with Gasteiger partial charge in [-0.2, -0.15) is 23.3 Å². The summed E-state index contributed by atoms with van der Waals surface area (Å²) in [6.07, 6.45) is -2.53. The average molecular weight is 420 g/mol. The van der Waals surface area contributed by atoms with Crippen molar-refractivity contribution in [2.24, 2.45) is 7.05 Å². The van der Waals surface area contributed by atoms with E-state index >= 15 is 0 Å². The maximum absolute atomic E-state index is 12.5. The van der Waals surface area contributed by atoms with Crippen LogP contribution in [-0.2, 0) is 18.0 Å². The fourth-order valence-electron chi connectivity index (χ4n) is 2.82. The van der Waals surface area contributed by atoms with Crippen LogP contribution in [0.2, 0.25) is 0 Å². The zero-order chi connectivity index (χ0) is 19.4. The molecule has 2 heterocycles. The van der Waals surface area contributed by atoms with Crippen LogP contribution in [0.5, 0.6) is 5.75 Å². The van der Waals surface area contributed by atoms with Crippen LogP contribution >= 0.6 is 12.4 Å². The van der Waals surface area contributed by atoms with E-state index in [-0.39, 0.29) is 30.7 Å². The van der Waals surface area contributed by atoms with Gasteiger partial charge in [0.15, 0.2) is 12.4 Å². The molecule has 1 aromatic carbocycles. The molecule has 154 valence electrons. The van der Waals surface area contributed by atoms with Crippen LogP contribution in [0.15, 0.2) is 24.3 Å². The number of anilines is 1. The Bertz CT molecular complexity index is 789. The zero-order valence-electron chi connectivity index (χ0n) is 15.1. The lowest BCUT2D eigenvalue weighted by molar-refractivity contribution is -0.137. The monoisotopic (exact) mass is 419 g/mol. The molecule has 1 aromatic heterocycles. The Morgan fingerprint density at radius 1 is 1.29 bits per heavy atom. The smallest absolute Gasteiger partial charge is 0.416 e. The third-order valence-electron chi connectivity index (χ3n) is 4.29. The normalized spacial score (nSPS) is 15.0. The molecule has 1 aliphatic heterocycles. The van der Waals surface area contributed by atoms with Crippen LogP contribution in [-0.4, -0.2) is 40.4 Å². The summed E-state index contributed by atoms with van der Waals surface area (Å²) in [4.78, 5) is 16.4. The number of alkyl halides is 3. The molecule has 0 saturated carbocycles. The standard InChI is InChI=1S/C17H20F3N5O2.ClH/c1-25-16(23-15(24-25)11-6-8-21-9-7-11)22-14(26)10-27-13-4-2-12(3-5-13)17(18,19)20;/h2-5,11,21H,6-10H2,1H3,(H,22,23,24,26);1H. The zero-order valence-corrected chi connectivity index (χ0v) is 15.9. The van der Waals surface area contributed by atoms with Gasteiger partial charge in [0.25, 0.3) is 5.91 Å². The molecule has 0 radical (unpaired) electrons. The van der Waals surface area contributed by atoms with Crippen LogP contribution in [0.1, 0.15) is 30.1 Å². The summed E-state index contributed by atoms with van der Waals surface area (Å²) >= 11 is 0. The van der Waals surface area contributed by atoms with Gasteiger partial charge in [-0.1, -0.05) is 0 Å². The Morgan fingerprint density at radius 2 is 1.93 bits per heavy atom. The van der Waals surface area contributed by atoms with Crippen molar-refractivity contribution in [3.05, 3.63) is 35.7 Å². The molecule has 7 nitrogen and oxygen atoms in total. The van der Waals surface area contributed by atoms with Gasteiger partial charge in [-0.05, 0) is 50.2 Å². The third kappa shape index (κ3) is 5.59. The molecule has 0 atom stereocenters. The number of halogens is 4. The molecule has 3 rings (SSSR count). The summed E-state index contributed by atoms with van der Waals surface area (Å²) in [5, 5.41) is 10.2.